The highest BCUT2D eigenvalue weighted by atomic mass is 35.5. The smallest absolute Gasteiger partial charge is 0.436 e. The maximum Gasteiger partial charge on any atom is 0.436 e. The minimum absolute atomic E-state index is 0.0889. The van der Waals surface area contributed by atoms with E-state index in [4.69, 9.17) is 16.3 Å². The highest BCUT2D eigenvalue weighted by Gasteiger charge is 2.40. The summed E-state index contributed by atoms with van der Waals surface area (Å²) in [6.07, 6.45) is -4.78. The van der Waals surface area contributed by atoms with Crippen molar-refractivity contribution in [3.63, 3.8) is 0 Å². The Morgan fingerprint density at radius 3 is 2.64 bits per heavy atom. The van der Waals surface area contributed by atoms with Gasteiger partial charge >= 0.3 is 12.1 Å². The largest absolute Gasteiger partial charge is 0.465 e. The van der Waals surface area contributed by atoms with Gasteiger partial charge in [0, 0.05) is 5.56 Å². The number of carbonyl (C=O) groups excluding carboxylic acids is 1. The van der Waals surface area contributed by atoms with Crippen LogP contribution in [-0.4, -0.2) is 32.6 Å². The summed E-state index contributed by atoms with van der Waals surface area (Å²) in [5.41, 5.74) is 0.352. The van der Waals surface area contributed by atoms with E-state index in [1.54, 1.807) is 6.92 Å². The van der Waals surface area contributed by atoms with Gasteiger partial charge in [-0.1, -0.05) is 46.7 Å². The number of nitrogens with zero attached hydrogens (tertiary/aromatic N) is 4. The molecule has 0 N–H and O–H groups in total. The SMILES string of the molecule is CCOC(=O)Cn1nc(C(F)(F)F)c(Cl)c1-c1nnc(-c2cccc(C)c2)s1. The van der Waals surface area contributed by atoms with Crippen LogP contribution in [0, 0.1) is 6.92 Å². The molecule has 0 bridgehead atoms. The molecule has 0 aliphatic carbocycles. The van der Waals surface area contributed by atoms with E-state index in [0.717, 1.165) is 27.1 Å². The van der Waals surface area contributed by atoms with Gasteiger partial charge in [0.05, 0.1) is 6.61 Å². The van der Waals surface area contributed by atoms with Crippen molar-refractivity contribution < 1.29 is 22.7 Å². The lowest BCUT2D eigenvalue weighted by molar-refractivity contribution is -0.145. The normalized spacial score (nSPS) is 11.6. The fraction of sp³-hybridized carbons (Fsp3) is 0.294. The lowest BCUT2D eigenvalue weighted by atomic mass is 10.1. The third kappa shape index (κ3) is 4.17. The molecule has 0 amide bonds. The molecule has 11 heteroatoms. The van der Waals surface area contributed by atoms with E-state index in [9.17, 15) is 18.0 Å². The number of hydrogen-bond donors (Lipinski definition) is 0. The summed E-state index contributed by atoms with van der Waals surface area (Å²) in [4.78, 5) is 11.8. The summed E-state index contributed by atoms with van der Waals surface area (Å²) in [6, 6.07) is 7.44. The van der Waals surface area contributed by atoms with Crippen LogP contribution in [0.5, 0.6) is 0 Å². The van der Waals surface area contributed by atoms with Gasteiger partial charge < -0.3 is 4.74 Å². The highest BCUT2D eigenvalue weighted by molar-refractivity contribution is 7.18. The van der Waals surface area contributed by atoms with Crippen molar-refractivity contribution in [2.24, 2.45) is 0 Å². The van der Waals surface area contributed by atoms with E-state index in [0.29, 0.717) is 5.01 Å². The zero-order valence-corrected chi connectivity index (χ0v) is 16.3. The highest BCUT2D eigenvalue weighted by Crippen LogP contribution is 2.41. The van der Waals surface area contributed by atoms with Gasteiger partial charge in [-0.25, -0.2) is 4.68 Å². The number of hydrogen-bond acceptors (Lipinski definition) is 6. The van der Waals surface area contributed by atoms with Crippen molar-refractivity contribution in [1.82, 2.24) is 20.0 Å². The van der Waals surface area contributed by atoms with E-state index >= 15 is 0 Å². The number of halogens is 4. The predicted molar refractivity (Wildman–Crippen MR) is 97.9 cm³/mol. The molecule has 0 saturated carbocycles. The molecule has 28 heavy (non-hydrogen) atoms. The molecule has 0 saturated heterocycles. The van der Waals surface area contributed by atoms with Gasteiger partial charge in [-0.2, -0.15) is 18.3 Å². The van der Waals surface area contributed by atoms with Crippen LogP contribution in [0.4, 0.5) is 13.2 Å². The van der Waals surface area contributed by atoms with Crippen LogP contribution in [-0.2, 0) is 22.3 Å². The molecule has 1 aromatic carbocycles. The van der Waals surface area contributed by atoms with Crippen molar-refractivity contribution in [1.29, 1.82) is 0 Å². The van der Waals surface area contributed by atoms with E-state index in [1.807, 2.05) is 31.2 Å². The Morgan fingerprint density at radius 1 is 1.29 bits per heavy atom. The molecular formula is C17H14ClF3N4O2S. The van der Waals surface area contributed by atoms with Crippen molar-refractivity contribution in [2.45, 2.75) is 26.6 Å². The molecule has 0 spiro atoms. The number of esters is 1. The summed E-state index contributed by atoms with van der Waals surface area (Å²) in [5.74, 6) is -0.736. The molecule has 0 aliphatic heterocycles. The second-order valence-corrected chi connectivity index (χ2v) is 7.11. The molecule has 3 aromatic rings. The van der Waals surface area contributed by atoms with E-state index in [2.05, 4.69) is 15.3 Å². The number of aromatic nitrogens is 4. The topological polar surface area (TPSA) is 69.9 Å². The maximum absolute atomic E-state index is 13.2. The summed E-state index contributed by atoms with van der Waals surface area (Å²) in [6.45, 7) is 3.06. The number of ether oxygens (including phenoxy) is 1. The average molecular weight is 431 g/mol. The van der Waals surface area contributed by atoms with Crippen molar-refractivity contribution in [3.05, 3.63) is 40.5 Å². The van der Waals surface area contributed by atoms with Crippen LogP contribution in [0.2, 0.25) is 5.02 Å². The van der Waals surface area contributed by atoms with Crippen LogP contribution in [0.3, 0.4) is 0 Å². The Hall–Kier alpha value is -2.46. The standard InChI is InChI=1S/C17H14ClF3N4O2S/c1-3-27-11(26)8-25-13(12(18)14(24-25)17(19,20)21)16-23-22-15(28-16)10-6-4-5-9(2)7-10/h4-7H,3,8H2,1-2H3. The van der Waals surface area contributed by atoms with Gasteiger partial charge in [0.1, 0.15) is 22.3 Å². The van der Waals surface area contributed by atoms with E-state index < -0.39 is 29.4 Å². The van der Waals surface area contributed by atoms with Gasteiger partial charge in [0.2, 0.25) is 0 Å². The Bertz CT molecular complexity index is 1020. The molecule has 0 radical (unpaired) electrons. The maximum atomic E-state index is 13.2. The summed E-state index contributed by atoms with van der Waals surface area (Å²) < 4.78 is 45.4. The zero-order chi connectivity index (χ0) is 20.5. The molecular weight excluding hydrogens is 417 g/mol. The number of alkyl halides is 3. The molecule has 0 aliphatic rings. The number of benzene rings is 1. The molecule has 2 heterocycles. The van der Waals surface area contributed by atoms with E-state index in [1.165, 1.54) is 0 Å². The molecule has 3 rings (SSSR count). The van der Waals surface area contributed by atoms with Crippen LogP contribution in [0.25, 0.3) is 21.3 Å². The fourth-order valence-electron chi connectivity index (χ4n) is 2.48. The van der Waals surface area contributed by atoms with Crippen LogP contribution in [0.1, 0.15) is 18.2 Å². The van der Waals surface area contributed by atoms with Gasteiger partial charge in [0.25, 0.3) is 0 Å². The third-order valence-corrected chi connectivity index (χ3v) is 4.98. The van der Waals surface area contributed by atoms with Crippen molar-refractivity contribution in [2.75, 3.05) is 6.61 Å². The van der Waals surface area contributed by atoms with E-state index in [-0.39, 0.29) is 17.3 Å². The quantitative estimate of drug-likeness (QED) is 0.553. The Labute approximate surface area is 166 Å². The first-order valence-corrected chi connectivity index (χ1v) is 9.30. The minimum atomic E-state index is -4.78. The number of rotatable bonds is 5. The third-order valence-electron chi connectivity index (χ3n) is 3.64. The van der Waals surface area contributed by atoms with Crippen LogP contribution >= 0.6 is 22.9 Å². The molecule has 6 nitrogen and oxygen atoms in total. The van der Waals surface area contributed by atoms with Crippen molar-refractivity contribution >= 4 is 28.9 Å². The summed E-state index contributed by atoms with van der Waals surface area (Å²) >= 11 is 7.03. The van der Waals surface area contributed by atoms with Crippen LogP contribution in [0.15, 0.2) is 24.3 Å². The monoisotopic (exact) mass is 430 g/mol. The predicted octanol–water partition coefficient (Wildman–Crippen LogP) is 4.61. The second kappa shape index (κ2) is 7.88. The number of aryl methyl sites for hydroxylation is 1. The molecule has 148 valence electrons. The molecule has 0 fully saturated rings. The first kappa shape index (κ1) is 20.3. The number of carbonyl (C=O) groups is 1. The molecule has 0 unspecified atom stereocenters. The van der Waals surface area contributed by atoms with Gasteiger partial charge in [-0.3, -0.25) is 4.79 Å². The Morgan fingerprint density at radius 2 is 2.00 bits per heavy atom. The summed E-state index contributed by atoms with van der Waals surface area (Å²) in [7, 11) is 0. The molecule has 0 atom stereocenters. The summed E-state index contributed by atoms with van der Waals surface area (Å²) in [5, 5.41) is 11.5. The van der Waals surface area contributed by atoms with Crippen molar-refractivity contribution in [3.8, 4) is 21.3 Å². The molecule has 2 aromatic heterocycles. The first-order chi connectivity index (χ1) is 13.2. The Kier molecular flexibility index (Phi) is 5.71. The lowest BCUT2D eigenvalue weighted by Crippen LogP contribution is -2.16. The average Bonchev–Trinajstić information content (AvgIpc) is 3.19. The first-order valence-electron chi connectivity index (χ1n) is 8.10. The zero-order valence-electron chi connectivity index (χ0n) is 14.7. The second-order valence-electron chi connectivity index (χ2n) is 5.75. The Balaban J connectivity index is 2.07. The lowest BCUT2D eigenvalue weighted by Gasteiger charge is -2.05. The van der Waals surface area contributed by atoms with Gasteiger partial charge in [-0.15, -0.1) is 10.2 Å². The van der Waals surface area contributed by atoms with Gasteiger partial charge in [-0.05, 0) is 19.9 Å². The minimum Gasteiger partial charge on any atom is -0.465 e. The van der Waals surface area contributed by atoms with Gasteiger partial charge in [0.15, 0.2) is 10.7 Å². The van der Waals surface area contributed by atoms with Crippen LogP contribution < -0.4 is 0 Å². The fourth-order valence-corrected chi connectivity index (χ4v) is 3.77.